The van der Waals surface area contributed by atoms with Crippen LogP contribution in [-0.4, -0.2) is 96.2 Å². The van der Waals surface area contributed by atoms with Gasteiger partial charge in [0.15, 0.2) is 0 Å². The van der Waals surface area contributed by atoms with E-state index in [1.54, 1.807) is 4.90 Å². The summed E-state index contributed by atoms with van der Waals surface area (Å²) in [6.45, 7) is 7.30. The van der Waals surface area contributed by atoms with E-state index in [-0.39, 0.29) is 37.9 Å². The van der Waals surface area contributed by atoms with Gasteiger partial charge in [0.2, 0.25) is 0 Å². The Balaban J connectivity index is 1.40. The molecule has 2 aromatic carbocycles. The topological polar surface area (TPSA) is 104 Å². The molecule has 2 aliphatic heterocycles. The predicted octanol–water partition coefficient (Wildman–Crippen LogP) is 6.46. The number of piperidine rings is 1. The molecule has 0 radical (unpaired) electrons. The number of likely N-dealkylation sites (tertiary alicyclic amines) is 1. The number of amides is 1. The average molecular weight is 715 g/mol. The van der Waals surface area contributed by atoms with Crippen LogP contribution in [0.25, 0.3) is 0 Å². The third kappa shape index (κ3) is 13.3. The fourth-order valence-corrected chi connectivity index (χ4v) is 6.42. The third-order valence-electron chi connectivity index (χ3n) is 8.18. The molecule has 274 valence electrons. The van der Waals surface area contributed by atoms with Crippen molar-refractivity contribution in [3.63, 3.8) is 0 Å². The van der Waals surface area contributed by atoms with Gasteiger partial charge in [-0.2, -0.15) is 21.6 Å². The van der Waals surface area contributed by atoms with Gasteiger partial charge in [0.25, 0.3) is 10.1 Å². The smallest absolute Gasteiger partial charge is 0.411 e. The number of aryl methyl sites for hydroxylation is 1. The van der Waals surface area contributed by atoms with Crippen LogP contribution in [0, 0.1) is 0 Å². The minimum absolute atomic E-state index is 0.00697. The quantitative estimate of drug-likeness (QED) is 0.152. The molecule has 2 atom stereocenters. The number of ether oxygens (including phenoxy) is 4. The molecule has 0 aliphatic carbocycles. The van der Waals surface area contributed by atoms with Crippen LogP contribution in [0.1, 0.15) is 69.1 Å². The summed E-state index contributed by atoms with van der Waals surface area (Å²) in [5, 5.41) is 0. The van der Waals surface area contributed by atoms with Crippen molar-refractivity contribution in [1.29, 1.82) is 0 Å². The lowest BCUT2D eigenvalue weighted by atomic mass is 9.87. The van der Waals surface area contributed by atoms with E-state index in [9.17, 15) is 26.4 Å². The van der Waals surface area contributed by atoms with E-state index in [0.717, 1.165) is 42.5 Å². The minimum atomic E-state index is -4.34. The van der Waals surface area contributed by atoms with E-state index < -0.39 is 28.5 Å². The predicted molar refractivity (Wildman–Crippen MR) is 180 cm³/mol. The maximum atomic E-state index is 13.0. The fraction of sp³-hybridized carbons (Fsp3) is 0.629. The second-order valence-electron chi connectivity index (χ2n) is 13.5. The molecule has 1 saturated heterocycles. The Labute approximate surface area is 287 Å². The maximum Gasteiger partial charge on any atom is 0.411 e. The molecule has 0 aromatic heterocycles. The van der Waals surface area contributed by atoms with Crippen LogP contribution in [-0.2, 0) is 41.5 Å². The normalized spacial score (nSPS) is 18.7. The maximum absolute atomic E-state index is 13.0. The second kappa shape index (κ2) is 17.2. The molecule has 4 rings (SSSR count). The Hall–Kier alpha value is -3.07. The molecule has 0 bridgehead atoms. The van der Waals surface area contributed by atoms with Crippen LogP contribution >= 0.6 is 0 Å². The van der Waals surface area contributed by atoms with Crippen molar-refractivity contribution in [2.45, 2.75) is 83.3 Å². The summed E-state index contributed by atoms with van der Waals surface area (Å²) >= 11 is 0. The Morgan fingerprint density at radius 1 is 0.980 bits per heavy atom. The molecule has 0 N–H and O–H groups in total. The summed E-state index contributed by atoms with van der Waals surface area (Å²) in [5.74, 6) is 0.595. The van der Waals surface area contributed by atoms with E-state index in [1.165, 1.54) is 5.56 Å². The van der Waals surface area contributed by atoms with Gasteiger partial charge in [0.05, 0.1) is 45.3 Å². The third-order valence-corrected chi connectivity index (χ3v) is 8.78. The molecule has 1 fully saturated rings. The Bertz CT molecular complexity index is 1460. The molecule has 0 spiro atoms. The minimum Gasteiger partial charge on any atom is -0.494 e. The SMILES string of the molecule is CC(C)(C)OC(=O)N1CC[C@H](c2ccc(OCCCOCC(F)(F)F)cc2)[C@@H](OCc2ccc3c(c2)N(CCCOS(C)(=O)=O)CCC3)C1. The van der Waals surface area contributed by atoms with Crippen molar-refractivity contribution in [1.82, 2.24) is 4.90 Å². The van der Waals surface area contributed by atoms with Crippen LogP contribution in [0.4, 0.5) is 23.7 Å². The number of carbonyl (C=O) groups is 1. The van der Waals surface area contributed by atoms with E-state index >= 15 is 0 Å². The average Bonchev–Trinajstić information content (AvgIpc) is 3.02. The number of fused-ring (bicyclic) bond motifs is 1. The fourth-order valence-electron chi connectivity index (χ4n) is 6.00. The Morgan fingerprint density at radius 3 is 2.43 bits per heavy atom. The standard InChI is InChI=1S/C35H49F3N2O8S/c1-34(2,3)48-33(41)40-18-15-30(27-11-13-29(14-12-27)45-20-7-19-44-25-35(36,37)38)32(23-40)46-24-26-9-10-28-8-5-16-39(31(28)22-26)17-6-21-47-49(4,42)43/h9-14,22,30,32H,5-8,15-21,23-25H2,1-4H3/t30-,32+/m1/s1. The van der Waals surface area contributed by atoms with E-state index in [0.29, 0.717) is 51.3 Å². The number of hydrogen-bond acceptors (Lipinski definition) is 9. The van der Waals surface area contributed by atoms with Gasteiger partial charge in [0, 0.05) is 37.7 Å². The number of alkyl halides is 3. The highest BCUT2D eigenvalue weighted by atomic mass is 32.2. The van der Waals surface area contributed by atoms with Gasteiger partial charge in [-0.05, 0) is 81.3 Å². The van der Waals surface area contributed by atoms with Crippen LogP contribution in [0.15, 0.2) is 42.5 Å². The van der Waals surface area contributed by atoms with E-state index in [4.69, 9.17) is 18.4 Å². The summed E-state index contributed by atoms with van der Waals surface area (Å²) < 4.78 is 87.0. The van der Waals surface area contributed by atoms with Crippen molar-refractivity contribution in [3.8, 4) is 5.75 Å². The van der Waals surface area contributed by atoms with Crippen LogP contribution < -0.4 is 9.64 Å². The molecule has 0 unspecified atom stereocenters. The van der Waals surface area contributed by atoms with Gasteiger partial charge in [-0.1, -0.05) is 24.3 Å². The summed E-state index contributed by atoms with van der Waals surface area (Å²) in [5.41, 5.74) is 3.75. The van der Waals surface area contributed by atoms with Crippen molar-refractivity contribution >= 4 is 21.9 Å². The number of benzene rings is 2. The number of anilines is 1. The molecule has 2 aliphatic rings. The first-order valence-corrected chi connectivity index (χ1v) is 18.6. The molecular formula is C35H49F3N2O8S. The van der Waals surface area contributed by atoms with Crippen molar-refractivity contribution in [2.75, 3.05) is 63.8 Å². The Morgan fingerprint density at radius 2 is 1.73 bits per heavy atom. The lowest BCUT2D eigenvalue weighted by molar-refractivity contribution is -0.174. The summed E-state index contributed by atoms with van der Waals surface area (Å²) in [6.07, 6.45) is -0.443. The molecule has 0 saturated carbocycles. The highest BCUT2D eigenvalue weighted by molar-refractivity contribution is 7.85. The number of hydrogen-bond donors (Lipinski definition) is 0. The van der Waals surface area contributed by atoms with Crippen molar-refractivity contribution < 1.29 is 49.5 Å². The monoisotopic (exact) mass is 714 g/mol. The van der Waals surface area contributed by atoms with Gasteiger partial charge in [-0.3, -0.25) is 4.18 Å². The first-order valence-electron chi connectivity index (χ1n) is 16.7. The summed E-state index contributed by atoms with van der Waals surface area (Å²) in [6, 6.07) is 13.9. The van der Waals surface area contributed by atoms with Gasteiger partial charge >= 0.3 is 12.3 Å². The largest absolute Gasteiger partial charge is 0.494 e. The zero-order valence-corrected chi connectivity index (χ0v) is 29.6. The van der Waals surface area contributed by atoms with Gasteiger partial charge in [-0.15, -0.1) is 0 Å². The zero-order valence-electron chi connectivity index (χ0n) is 28.8. The lowest BCUT2D eigenvalue weighted by Gasteiger charge is -2.39. The molecule has 10 nitrogen and oxygen atoms in total. The van der Waals surface area contributed by atoms with Crippen LogP contribution in [0.5, 0.6) is 5.75 Å². The number of nitrogens with zero attached hydrogens (tertiary/aromatic N) is 2. The van der Waals surface area contributed by atoms with Gasteiger partial charge in [-0.25, -0.2) is 4.79 Å². The van der Waals surface area contributed by atoms with Gasteiger partial charge < -0.3 is 28.7 Å². The second-order valence-corrected chi connectivity index (χ2v) is 15.2. The summed E-state index contributed by atoms with van der Waals surface area (Å²) in [4.78, 5) is 17.0. The summed E-state index contributed by atoms with van der Waals surface area (Å²) in [7, 11) is -3.48. The zero-order chi connectivity index (χ0) is 35.7. The first-order chi connectivity index (χ1) is 23.1. The van der Waals surface area contributed by atoms with E-state index in [2.05, 4.69) is 27.8 Å². The highest BCUT2D eigenvalue weighted by Gasteiger charge is 2.35. The number of carbonyl (C=O) groups excluding carboxylic acids is 1. The highest BCUT2D eigenvalue weighted by Crippen LogP contribution is 2.34. The molecule has 2 heterocycles. The number of halogens is 3. The Kier molecular flexibility index (Phi) is 13.6. The molecular weight excluding hydrogens is 665 g/mol. The first kappa shape index (κ1) is 38.7. The van der Waals surface area contributed by atoms with Gasteiger partial charge in [0.1, 0.15) is 18.0 Å². The van der Waals surface area contributed by atoms with Crippen molar-refractivity contribution in [2.24, 2.45) is 0 Å². The lowest BCUT2D eigenvalue weighted by Crippen LogP contribution is -2.48. The van der Waals surface area contributed by atoms with Crippen LogP contribution in [0.2, 0.25) is 0 Å². The molecule has 14 heteroatoms. The van der Waals surface area contributed by atoms with Crippen molar-refractivity contribution in [3.05, 3.63) is 59.2 Å². The van der Waals surface area contributed by atoms with Crippen LogP contribution in [0.3, 0.4) is 0 Å². The molecule has 2 aromatic rings. The molecule has 49 heavy (non-hydrogen) atoms. The number of rotatable bonds is 15. The van der Waals surface area contributed by atoms with E-state index in [1.807, 2.05) is 45.0 Å². The molecule has 1 amide bonds.